The second-order valence-electron chi connectivity index (χ2n) is 7.33. The third kappa shape index (κ3) is 3.76. The van der Waals surface area contributed by atoms with Gasteiger partial charge in [0.15, 0.2) is 23.5 Å². The molecule has 1 saturated carbocycles. The highest BCUT2D eigenvalue weighted by atomic mass is 31.3. The number of nitrogens with two attached hydrogens (primary N) is 1. The van der Waals surface area contributed by atoms with E-state index in [1.165, 1.54) is 0 Å². The van der Waals surface area contributed by atoms with E-state index in [0.29, 0.717) is 6.92 Å². The number of hydrogen-bond acceptors (Lipinski definition) is 12. The number of aromatic amines is 1. The van der Waals surface area contributed by atoms with Gasteiger partial charge in [-0.05, 0) is 6.92 Å². The molecule has 1 aliphatic heterocycles. The first-order valence-corrected chi connectivity index (χ1v) is 13.1. The van der Waals surface area contributed by atoms with Crippen molar-refractivity contribution < 1.29 is 65.0 Å². The fourth-order valence-electron chi connectivity index (χ4n) is 3.58. The lowest BCUT2D eigenvalue weighted by atomic mass is 9.96. The molecule has 4 rings (SSSR count). The molecule has 1 aliphatic carbocycles. The van der Waals surface area contributed by atoms with Gasteiger partial charge < -0.3 is 35.2 Å². The number of aliphatic hydroxyl groups is 1. The van der Waals surface area contributed by atoms with E-state index < -0.39 is 64.4 Å². The normalized spacial score (nSPS) is 36.7. The molecule has 0 bridgehead atoms. The van der Waals surface area contributed by atoms with E-state index in [1.807, 2.05) is 0 Å². The topological polar surface area (TPSA) is 279 Å². The lowest BCUT2D eigenvalue weighted by Gasteiger charge is -2.31. The minimum absolute atomic E-state index is 0.334. The van der Waals surface area contributed by atoms with Gasteiger partial charge in [-0.3, -0.25) is 18.9 Å². The van der Waals surface area contributed by atoms with Gasteiger partial charge in [0, 0.05) is 0 Å². The number of nitrogens with zero attached hydrogens (tertiary/aromatic N) is 3. The van der Waals surface area contributed by atoms with Gasteiger partial charge in [0.1, 0.15) is 5.60 Å². The average Bonchev–Trinajstić information content (AvgIpc) is 2.89. The number of halogens is 2. The van der Waals surface area contributed by atoms with Crippen molar-refractivity contribution in [2.24, 2.45) is 0 Å². The Morgan fingerprint density at radius 3 is 2.35 bits per heavy atom. The van der Waals surface area contributed by atoms with Crippen LogP contribution in [0.25, 0.3) is 11.2 Å². The van der Waals surface area contributed by atoms with Crippen LogP contribution < -0.4 is 11.3 Å². The highest BCUT2D eigenvalue weighted by Gasteiger charge is 2.97. The van der Waals surface area contributed by atoms with Gasteiger partial charge in [0.2, 0.25) is 11.6 Å². The van der Waals surface area contributed by atoms with Crippen molar-refractivity contribution in [3.8, 4) is 0 Å². The molecule has 0 aromatic carbocycles. The summed E-state index contributed by atoms with van der Waals surface area (Å²) in [6, 6.07) is 0. The maximum atomic E-state index is 15.5. The van der Waals surface area contributed by atoms with E-state index in [9.17, 15) is 28.5 Å². The highest BCUT2D eigenvalue weighted by Crippen LogP contribution is 2.76. The molecule has 2 aromatic heterocycles. The van der Waals surface area contributed by atoms with Crippen LogP contribution in [-0.2, 0) is 31.6 Å². The zero-order valence-corrected chi connectivity index (χ0v) is 18.9. The SMILES string of the molecule is C[C@]1(O)[C@H](n2cnc3c(=O)[nH]c(N)nc32)O[C@]2(F)C(OP(=O)(O)OP(=O)(O)OP(=O)(O)O)[C@]12F. The summed E-state index contributed by atoms with van der Waals surface area (Å²) in [6.07, 6.45) is -3.88. The number of aromatic nitrogens is 4. The van der Waals surface area contributed by atoms with Crippen LogP contribution in [0.2, 0.25) is 0 Å². The van der Waals surface area contributed by atoms with E-state index in [-0.39, 0.29) is 11.2 Å². The van der Waals surface area contributed by atoms with Gasteiger partial charge in [-0.1, -0.05) is 0 Å². The smallest absolute Gasteiger partial charge is 0.382 e. The minimum atomic E-state index is -5.97. The number of imidazole rings is 1. The van der Waals surface area contributed by atoms with E-state index in [1.54, 1.807) is 0 Å². The van der Waals surface area contributed by atoms with Crippen LogP contribution >= 0.6 is 23.5 Å². The monoisotopic (exact) mass is 555 g/mol. The Kier molecular flexibility index (Phi) is 5.38. The second-order valence-corrected chi connectivity index (χ2v) is 11.7. The van der Waals surface area contributed by atoms with Crippen molar-refractivity contribution in [2.75, 3.05) is 5.73 Å². The standard InChI is InChI=1S/C11H14F2N5O13P3/c1-9(20)7(18-2-15-3-4(18)16-8(14)17-5(3)19)28-11(13)6(10(9,11)12)29-33(24,25)31-34(26,27)30-32(21,22)23/h2,6-7,20H,1H3,(H,24,25)(H,26,27)(H2,21,22,23)(H3,14,16,17,19)/t6?,7-,9+,10+,11-/m1/s1. The fourth-order valence-corrected chi connectivity index (χ4v) is 6.79. The van der Waals surface area contributed by atoms with E-state index >= 15 is 8.78 Å². The number of phosphoric ester groups is 1. The lowest BCUT2D eigenvalue weighted by Crippen LogP contribution is -2.46. The van der Waals surface area contributed by atoms with Crippen molar-refractivity contribution in [3.63, 3.8) is 0 Å². The van der Waals surface area contributed by atoms with Crippen molar-refractivity contribution in [1.82, 2.24) is 19.5 Å². The van der Waals surface area contributed by atoms with Crippen molar-refractivity contribution in [1.29, 1.82) is 0 Å². The average molecular weight is 555 g/mol. The van der Waals surface area contributed by atoms with Gasteiger partial charge in [-0.2, -0.15) is 13.6 Å². The van der Waals surface area contributed by atoms with Crippen LogP contribution in [0.15, 0.2) is 11.1 Å². The van der Waals surface area contributed by atoms with E-state index in [0.717, 1.165) is 10.9 Å². The Labute approximate surface area is 184 Å². The molecule has 0 spiro atoms. The van der Waals surface area contributed by atoms with Crippen LogP contribution in [0.4, 0.5) is 14.7 Å². The molecule has 2 aromatic rings. The minimum Gasteiger partial charge on any atom is -0.382 e. The quantitative estimate of drug-likeness (QED) is 0.203. The summed E-state index contributed by atoms with van der Waals surface area (Å²) in [6.45, 7) is 0.696. The molecule has 3 heterocycles. The first-order valence-electron chi connectivity index (χ1n) is 8.57. The molecule has 0 amide bonds. The molecule has 1 saturated heterocycles. The number of anilines is 1. The first-order chi connectivity index (χ1) is 15.2. The molecule has 190 valence electrons. The molecule has 3 unspecified atom stereocenters. The number of ether oxygens (including phenoxy) is 1. The summed E-state index contributed by atoms with van der Waals surface area (Å²) in [5, 5.41) is 10.8. The number of nitrogen functional groups attached to an aromatic ring is 1. The zero-order valence-electron chi connectivity index (χ0n) is 16.3. The molecule has 7 atom stereocenters. The highest BCUT2D eigenvalue weighted by molar-refractivity contribution is 7.66. The second kappa shape index (κ2) is 7.19. The maximum absolute atomic E-state index is 15.5. The summed E-state index contributed by atoms with van der Waals surface area (Å²) < 4.78 is 81.5. The molecule has 0 radical (unpaired) electrons. The van der Waals surface area contributed by atoms with Gasteiger partial charge >= 0.3 is 23.5 Å². The third-order valence-electron chi connectivity index (χ3n) is 4.97. The summed E-state index contributed by atoms with van der Waals surface area (Å²) in [5.41, 5.74) is -2.60. The van der Waals surface area contributed by atoms with Crippen molar-refractivity contribution in [3.05, 3.63) is 16.7 Å². The molecule has 8 N–H and O–H groups in total. The number of rotatable bonds is 7. The Morgan fingerprint density at radius 1 is 1.21 bits per heavy atom. The Morgan fingerprint density at radius 2 is 1.82 bits per heavy atom. The van der Waals surface area contributed by atoms with E-state index in [2.05, 4.69) is 28.1 Å². The fraction of sp³-hybridized carbons (Fsp3) is 0.545. The molecule has 23 heteroatoms. The molecule has 2 aliphatic rings. The van der Waals surface area contributed by atoms with E-state index in [4.69, 9.17) is 25.2 Å². The van der Waals surface area contributed by atoms with Crippen LogP contribution in [0.3, 0.4) is 0 Å². The summed E-state index contributed by atoms with van der Waals surface area (Å²) in [4.78, 5) is 57.2. The van der Waals surface area contributed by atoms with Crippen LogP contribution in [0, 0.1) is 0 Å². The van der Waals surface area contributed by atoms with Crippen LogP contribution in [-0.4, -0.2) is 67.4 Å². The van der Waals surface area contributed by atoms with Gasteiger partial charge in [-0.25, -0.2) is 27.5 Å². The first kappa shape index (κ1) is 25.4. The number of hydrogen-bond donors (Lipinski definition) is 7. The molecular weight excluding hydrogens is 541 g/mol. The summed E-state index contributed by atoms with van der Waals surface area (Å²) >= 11 is 0. The van der Waals surface area contributed by atoms with Crippen LogP contribution in [0.5, 0.6) is 0 Å². The Bertz CT molecular complexity index is 1390. The van der Waals surface area contributed by atoms with Crippen molar-refractivity contribution in [2.45, 2.75) is 36.4 Å². The van der Waals surface area contributed by atoms with Crippen LogP contribution in [0.1, 0.15) is 13.2 Å². The summed E-state index contributed by atoms with van der Waals surface area (Å²) in [5.74, 6) is -4.06. The largest absolute Gasteiger partial charge is 0.490 e. The number of fused-ring (bicyclic) bond motifs is 2. The molecule has 18 nitrogen and oxygen atoms in total. The number of H-pyrrole nitrogens is 1. The molecule has 34 heavy (non-hydrogen) atoms. The number of phosphoric acid groups is 3. The lowest BCUT2D eigenvalue weighted by molar-refractivity contribution is -0.175. The predicted molar refractivity (Wildman–Crippen MR) is 99.7 cm³/mol. The Balaban J connectivity index is 1.61. The van der Waals surface area contributed by atoms with Gasteiger partial charge in [0.05, 0.1) is 6.33 Å². The van der Waals surface area contributed by atoms with Gasteiger partial charge in [-0.15, -0.1) is 0 Å². The van der Waals surface area contributed by atoms with Gasteiger partial charge in [0.25, 0.3) is 11.4 Å². The predicted octanol–water partition coefficient (Wildman–Crippen LogP) is -0.919. The number of alkyl halides is 2. The third-order valence-corrected chi connectivity index (χ3v) is 8.77. The summed E-state index contributed by atoms with van der Waals surface area (Å²) in [7, 11) is -17.6. The zero-order chi connectivity index (χ0) is 25.7. The maximum Gasteiger partial charge on any atom is 0.490 e. The molecular formula is C11H14F2N5O13P3. The number of nitrogens with one attached hydrogen (secondary N) is 1. The Hall–Kier alpha value is -1.66. The van der Waals surface area contributed by atoms with Crippen molar-refractivity contribution >= 4 is 40.6 Å². The molecule has 2 fully saturated rings.